The van der Waals surface area contributed by atoms with Crippen molar-refractivity contribution < 1.29 is 4.74 Å². The predicted octanol–water partition coefficient (Wildman–Crippen LogP) is 2.59. The van der Waals surface area contributed by atoms with Crippen LogP contribution in [0.1, 0.15) is 30.9 Å². The molecule has 0 radical (unpaired) electrons. The van der Waals surface area contributed by atoms with Gasteiger partial charge < -0.3 is 10.5 Å². The Morgan fingerprint density at radius 1 is 1.53 bits per heavy atom. The lowest BCUT2D eigenvalue weighted by molar-refractivity contribution is 0.401. The van der Waals surface area contributed by atoms with Crippen LogP contribution in [0.5, 0.6) is 5.75 Å². The number of rotatable bonds is 3. The summed E-state index contributed by atoms with van der Waals surface area (Å²) in [6.45, 7) is 4.29. The molecule has 2 nitrogen and oxygen atoms in total. The summed E-state index contributed by atoms with van der Waals surface area (Å²) in [7, 11) is 1.71. The minimum absolute atomic E-state index is 0.133. The molecule has 1 aromatic carbocycles. The fourth-order valence-corrected chi connectivity index (χ4v) is 2.37. The Kier molecular flexibility index (Phi) is 2.47. The molecular weight excluding hydrogens is 186 g/mol. The molecule has 2 N–H and O–H groups in total. The van der Waals surface area contributed by atoms with E-state index in [2.05, 4.69) is 26.0 Å². The van der Waals surface area contributed by atoms with Gasteiger partial charge in [0.2, 0.25) is 0 Å². The van der Waals surface area contributed by atoms with E-state index in [1.807, 2.05) is 6.07 Å². The average molecular weight is 205 g/mol. The molecule has 1 saturated carbocycles. The SMILES string of the molecule is CCC1CC1(N)c1cc(C)ccc1OC. The quantitative estimate of drug-likeness (QED) is 0.823. The fraction of sp³-hybridized carbons (Fsp3) is 0.538. The molecule has 0 spiro atoms. The van der Waals surface area contributed by atoms with Crippen LogP contribution in [0, 0.1) is 12.8 Å². The zero-order chi connectivity index (χ0) is 11.1. The number of aryl methyl sites for hydroxylation is 1. The topological polar surface area (TPSA) is 35.2 Å². The number of methoxy groups -OCH3 is 1. The number of hydrogen-bond acceptors (Lipinski definition) is 2. The number of hydrogen-bond donors (Lipinski definition) is 1. The van der Waals surface area contributed by atoms with E-state index in [4.69, 9.17) is 10.5 Å². The summed E-state index contributed by atoms with van der Waals surface area (Å²) in [5.41, 5.74) is 8.68. The van der Waals surface area contributed by atoms with Gasteiger partial charge >= 0.3 is 0 Å². The molecule has 1 aliphatic rings. The second-order valence-corrected chi connectivity index (χ2v) is 4.55. The van der Waals surface area contributed by atoms with Gasteiger partial charge in [0.25, 0.3) is 0 Å². The molecule has 0 saturated heterocycles. The van der Waals surface area contributed by atoms with Gasteiger partial charge in [-0.15, -0.1) is 0 Å². The third kappa shape index (κ3) is 1.63. The third-order valence-corrected chi connectivity index (χ3v) is 3.50. The average Bonchev–Trinajstić information content (AvgIpc) is 2.91. The van der Waals surface area contributed by atoms with E-state index in [1.165, 1.54) is 11.1 Å². The van der Waals surface area contributed by atoms with E-state index < -0.39 is 0 Å². The Balaban J connectivity index is 2.39. The van der Waals surface area contributed by atoms with Crippen LogP contribution in [-0.2, 0) is 5.54 Å². The van der Waals surface area contributed by atoms with Gasteiger partial charge in [-0.2, -0.15) is 0 Å². The highest BCUT2D eigenvalue weighted by atomic mass is 16.5. The molecule has 82 valence electrons. The first kappa shape index (κ1) is 10.5. The smallest absolute Gasteiger partial charge is 0.123 e. The van der Waals surface area contributed by atoms with Crippen LogP contribution in [0.4, 0.5) is 0 Å². The molecule has 2 rings (SSSR count). The second kappa shape index (κ2) is 3.53. The van der Waals surface area contributed by atoms with Gasteiger partial charge in [-0.25, -0.2) is 0 Å². The van der Waals surface area contributed by atoms with Crippen molar-refractivity contribution in [1.29, 1.82) is 0 Å². The summed E-state index contributed by atoms with van der Waals surface area (Å²) in [4.78, 5) is 0. The summed E-state index contributed by atoms with van der Waals surface area (Å²) in [6.07, 6.45) is 2.23. The third-order valence-electron chi connectivity index (χ3n) is 3.50. The Morgan fingerprint density at radius 2 is 2.27 bits per heavy atom. The van der Waals surface area contributed by atoms with Gasteiger partial charge in [-0.3, -0.25) is 0 Å². The molecule has 0 amide bonds. The molecule has 0 aromatic heterocycles. The lowest BCUT2D eigenvalue weighted by Crippen LogP contribution is -2.23. The lowest BCUT2D eigenvalue weighted by atomic mass is 9.99. The Hall–Kier alpha value is -1.02. The summed E-state index contributed by atoms with van der Waals surface area (Å²) >= 11 is 0. The van der Waals surface area contributed by atoms with Crippen LogP contribution in [0.3, 0.4) is 0 Å². The van der Waals surface area contributed by atoms with Crippen LogP contribution < -0.4 is 10.5 Å². The van der Waals surface area contributed by atoms with Crippen molar-refractivity contribution in [2.75, 3.05) is 7.11 Å². The maximum absolute atomic E-state index is 6.39. The minimum Gasteiger partial charge on any atom is -0.496 e. The molecule has 2 unspecified atom stereocenters. The first-order valence-corrected chi connectivity index (χ1v) is 5.55. The van der Waals surface area contributed by atoms with Crippen molar-refractivity contribution in [2.45, 2.75) is 32.2 Å². The molecule has 0 bridgehead atoms. The van der Waals surface area contributed by atoms with Crippen molar-refractivity contribution in [3.8, 4) is 5.75 Å². The van der Waals surface area contributed by atoms with Crippen LogP contribution in [0.15, 0.2) is 18.2 Å². The van der Waals surface area contributed by atoms with Crippen molar-refractivity contribution in [3.05, 3.63) is 29.3 Å². The second-order valence-electron chi connectivity index (χ2n) is 4.55. The molecular formula is C13H19NO. The molecule has 1 aromatic rings. The molecule has 0 aliphatic heterocycles. The first-order valence-electron chi connectivity index (χ1n) is 5.55. The normalized spacial score (nSPS) is 28.9. The van der Waals surface area contributed by atoms with Crippen LogP contribution in [0.25, 0.3) is 0 Å². The van der Waals surface area contributed by atoms with E-state index in [-0.39, 0.29) is 5.54 Å². The Morgan fingerprint density at radius 3 is 2.80 bits per heavy atom. The van der Waals surface area contributed by atoms with Crippen molar-refractivity contribution in [2.24, 2.45) is 11.7 Å². The maximum Gasteiger partial charge on any atom is 0.123 e. The Bertz CT molecular complexity index is 375. The van der Waals surface area contributed by atoms with Crippen LogP contribution in [-0.4, -0.2) is 7.11 Å². The summed E-state index contributed by atoms with van der Waals surface area (Å²) < 4.78 is 5.38. The van der Waals surface area contributed by atoms with Crippen LogP contribution >= 0.6 is 0 Å². The van der Waals surface area contributed by atoms with Crippen molar-refractivity contribution in [3.63, 3.8) is 0 Å². The highest BCUT2D eigenvalue weighted by Crippen LogP contribution is 2.53. The van der Waals surface area contributed by atoms with E-state index in [0.717, 1.165) is 18.6 Å². The van der Waals surface area contributed by atoms with Crippen LogP contribution in [0.2, 0.25) is 0 Å². The number of benzene rings is 1. The van der Waals surface area contributed by atoms with E-state index in [0.29, 0.717) is 5.92 Å². The molecule has 1 aliphatic carbocycles. The van der Waals surface area contributed by atoms with Gasteiger partial charge in [0.05, 0.1) is 7.11 Å². The monoisotopic (exact) mass is 205 g/mol. The molecule has 1 fully saturated rings. The number of ether oxygens (including phenoxy) is 1. The maximum atomic E-state index is 6.39. The molecule has 15 heavy (non-hydrogen) atoms. The predicted molar refractivity (Wildman–Crippen MR) is 62.0 cm³/mol. The summed E-state index contributed by atoms with van der Waals surface area (Å²) in [5.74, 6) is 1.55. The fourth-order valence-electron chi connectivity index (χ4n) is 2.37. The molecule has 2 heteroatoms. The van der Waals surface area contributed by atoms with Crippen molar-refractivity contribution >= 4 is 0 Å². The van der Waals surface area contributed by atoms with Gasteiger partial charge in [0, 0.05) is 11.1 Å². The van der Waals surface area contributed by atoms with Gasteiger partial charge in [-0.1, -0.05) is 31.0 Å². The minimum atomic E-state index is -0.133. The number of nitrogens with two attached hydrogens (primary N) is 1. The van der Waals surface area contributed by atoms with E-state index >= 15 is 0 Å². The largest absolute Gasteiger partial charge is 0.496 e. The zero-order valence-corrected chi connectivity index (χ0v) is 9.71. The first-order chi connectivity index (χ1) is 7.11. The lowest BCUT2D eigenvalue weighted by Gasteiger charge is -2.16. The summed E-state index contributed by atoms with van der Waals surface area (Å²) in [5, 5.41) is 0. The van der Waals surface area contributed by atoms with Crippen molar-refractivity contribution in [1.82, 2.24) is 0 Å². The molecule has 2 atom stereocenters. The van der Waals surface area contributed by atoms with Gasteiger partial charge in [0.1, 0.15) is 5.75 Å². The Labute approximate surface area is 91.4 Å². The van der Waals surface area contributed by atoms with E-state index in [9.17, 15) is 0 Å². The standard InChI is InChI=1S/C13H19NO/c1-4-10-8-13(10,14)11-7-9(2)5-6-12(11)15-3/h5-7,10H,4,8,14H2,1-3H3. The highest BCUT2D eigenvalue weighted by Gasteiger charge is 2.52. The van der Waals surface area contributed by atoms with E-state index in [1.54, 1.807) is 7.11 Å². The van der Waals surface area contributed by atoms with Gasteiger partial charge in [-0.05, 0) is 25.3 Å². The highest BCUT2D eigenvalue weighted by molar-refractivity contribution is 5.45. The zero-order valence-electron chi connectivity index (χ0n) is 9.71. The molecule has 0 heterocycles. The van der Waals surface area contributed by atoms with Gasteiger partial charge in [0.15, 0.2) is 0 Å². The summed E-state index contributed by atoms with van der Waals surface area (Å²) in [6, 6.07) is 6.24.